The van der Waals surface area contributed by atoms with E-state index in [1.807, 2.05) is 0 Å². The van der Waals surface area contributed by atoms with Crippen LogP contribution in [0.3, 0.4) is 0 Å². The Morgan fingerprint density at radius 1 is 0.913 bits per heavy atom. The van der Waals surface area contributed by atoms with E-state index < -0.39 is 47.6 Å². The zero-order valence-electron chi connectivity index (χ0n) is 13.1. The van der Waals surface area contributed by atoms with Crippen LogP contribution in [-0.2, 0) is 9.53 Å². The minimum atomic E-state index is -6.39. The van der Waals surface area contributed by atoms with Crippen molar-refractivity contribution in [1.82, 2.24) is 0 Å². The second-order valence-corrected chi connectivity index (χ2v) is 6.65. The lowest BCUT2D eigenvalue weighted by Gasteiger charge is -2.37. The van der Waals surface area contributed by atoms with Crippen LogP contribution >= 0.6 is 0 Å². The first kappa shape index (κ1) is 21.9. The summed E-state index contributed by atoms with van der Waals surface area (Å²) in [5, 5.41) is 0. The van der Waals surface area contributed by atoms with Gasteiger partial charge in [-0.2, -0.15) is 26.3 Å². The third kappa shape index (κ3) is 3.88. The zero-order chi connectivity index (χ0) is 19.1. The monoisotopic (exact) mass is 358 g/mol. The Bertz CT molecular complexity index is 438. The van der Waals surface area contributed by atoms with Gasteiger partial charge in [0, 0.05) is 0 Å². The van der Waals surface area contributed by atoms with Crippen LogP contribution < -0.4 is 0 Å². The minimum Gasteiger partial charge on any atom is -0.459 e. The summed E-state index contributed by atoms with van der Waals surface area (Å²) < 4.78 is 106. The molecule has 138 valence electrons. The van der Waals surface area contributed by atoms with Crippen LogP contribution in [0.1, 0.15) is 34.6 Å². The molecular weight excluding hydrogens is 340 g/mol. The molecule has 0 unspecified atom stereocenters. The second kappa shape index (κ2) is 6.08. The van der Waals surface area contributed by atoms with Crippen molar-refractivity contribution in [3.05, 3.63) is 0 Å². The van der Waals surface area contributed by atoms with Crippen molar-refractivity contribution < 1.29 is 44.7 Å². The molecule has 0 saturated carbocycles. The highest BCUT2D eigenvalue weighted by molar-refractivity contribution is 5.76. The summed E-state index contributed by atoms with van der Waals surface area (Å²) in [7, 11) is 0. The van der Waals surface area contributed by atoms with Crippen molar-refractivity contribution >= 4 is 5.97 Å². The Morgan fingerprint density at radius 2 is 1.30 bits per heavy atom. The Morgan fingerprint density at radius 3 is 1.61 bits per heavy atom. The standard InChI is InChI=1S/C13H18F8O2/c1-9(2,3)10(4,5)8(22)23-6-11(16,17)13(20,21)12(18,19)7(14)15/h7H,6H2,1-5H3. The quantitative estimate of drug-likeness (QED) is 0.505. The molecule has 0 aliphatic carbocycles. The summed E-state index contributed by atoms with van der Waals surface area (Å²) in [6, 6.07) is 0. The maximum absolute atomic E-state index is 13.3. The van der Waals surface area contributed by atoms with E-state index in [1.54, 1.807) is 0 Å². The normalized spacial score (nSPS) is 15.0. The smallest absolute Gasteiger partial charge is 0.381 e. The largest absolute Gasteiger partial charge is 0.459 e. The number of carbonyl (C=O) groups excluding carboxylic acids is 1. The first-order valence-corrected chi connectivity index (χ1v) is 6.41. The number of carbonyl (C=O) groups is 1. The molecule has 0 atom stereocenters. The molecule has 0 aromatic rings. The molecule has 0 bridgehead atoms. The highest BCUT2D eigenvalue weighted by Gasteiger charge is 2.75. The molecule has 0 spiro atoms. The molecule has 0 N–H and O–H groups in total. The van der Waals surface area contributed by atoms with Gasteiger partial charge in [0.15, 0.2) is 6.61 Å². The third-order valence-electron chi connectivity index (χ3n) is 3.92. The first-order valence-electron chi connectivity index (χ1n) is 6.41. The van der Waals surface area contributed by atoms with Crippen LogP contribution in [0.15, 0.2) is 0 Å². The topological polar surface area (TPSA) is 26.3 Å². The number of esters is 1. The number of hydrogen-bond donors (Lipinski definition) is 0. The van der Waals surface area contributed by atoms with Gasteiger partial charge < -0.3 is 4.74 Å². The van der Waals surface area contributed by atoms with Crippen molar-refractivity contribution in [2.24, 2.45) is 10.8 Å². The maximum atomic E-state index is 13.3. The molecular formula is C13H18F8O2. The predicted molar refractivity (Wildman–Crippen MR) is 65.0 cm³/mol. The Balaban J connectivity index is 5.27. The number of hydrogen-bond acceptors (Lipinski definition) is 2. The van der Waals surface area contributed by atoms with E-state index >= 15 is 0 Å². The van der Waals surface area contributed by atoms with Gasteiger partial charge in [-0.25, -0.2) is 8.78 Å². The molecule has 0 aromatic heterocycles. The zero-order valence-corrected chi connectivity index (χ0v) is 13.1. The van der Waals surface area contributed by atoms with Crippen molar-refractivity contribution in [3.63, 3.8) is 0 Å². The van der Waals surface area contributed by atoms with E-state index in [-0.39, 0.29) is 0 Å². The molecule has 0 aliphatic heterocycles. The number of rotatable bonds is 6. The molecule has 0 amide bonds. The van der Waals surface area contributed by atoms with E-state index in [4.69, 9.17) is 0 Å². The summed E-state index contributed by atoms with van der Waals surface area (Å²) >= 11 is 0. The summed E-state index contributed by atoms with van der Waals surface area (Å²) in [5.74, 6) is -19.7. The first-order chi connectivity index (χ1) is 9.82. The molecule has 23 heavy (non-hydrogen) atoms. The summed E-state index contributed by atoms with van der Waals surface area (Å²) in [6.45, 7) is 4.71. The van der Waals surface area contributed by atoms with E-state index in [0.29, 0.717) is 0 Å². The highest BCUT2D eigenvalue weighted by Crippen LogP contribution is 2.49. The van der Waals surface area contributed by atoms with Crippen molar-refractivity contribution in [2.75, 3.05) is 6.61 Å². The van der Waals surface area contributed by atoms with Crippen molar-refractivity contribution in [1.29, 1.82) is 0 Å². The van der Waals surface area contributed by atoms with Gasteiger partial charge in [-0.3, -0.25) is 4.79 Å². The van der Waals surface area contributed by atoms with Gasteiger partial charge in [0.25, 0.3) is 0 Å². The lowest BCUT2D eigenvalue weighted by Crippen LogP contribution is -2.59. The second-order valence-electron chi connectivity index (χ2n) is 6.65. The Labute approximate surface area is 128 Å². The number of alkyl halides is 8. The van der Waals surface area contributed by atoms with E-state index in [2.05, 4.69) is 4.74 Å². The molecule has 0 saturated heterocycles. The van der Waals surface area contributed by atoms with Crippen LogP contribution in [0.4, 0.5) is 35.1 Å². The fourth-order valence-electron chi connectivity index (χ4n) is 1.11. The highest BCUT2D eigenvalue weighted by atomic mass is 19.4. The molecule has 10 heteroatoms. The maximum Gasteiger partial charge on any atom is 0.381 e. The lowest BCUT2D eigenvalue weighted by molar-refractivity contribution is -0.344. The molecule has 0 radical (unpaired) electrons. The van der Waals surface area contributed by atoms with Gasteiger partial charge in [-0.15, -0.1) is 0 Å². The van der Waals surface area contributed by atoms with E-state index in [1.165, 1.54) is 34.6 Å². The molecule has 0 aromatic carbocycles. The van der Waals surface area contributed by atoms with E-state index in [9.17, 15) is 39.9 Å². The molecule has 0 fully saturated rings. The van der Waals surface area contributed by atoms with Crippen molar-refractivity contribution in [2.45, 2.75) is 58.8 Å². The van der Waals surface area contributed by atoms with Gasteiger partial charge in [-0.1, -0.05) is 20.8 Å². The van der Waals surface area contributed by atoms with Gasteiger partial charge in [0.1, 0.15) is 0 Å². The SMILES string of the molecule is CC(C)(C)C(C)(C)C(=O)OCC(F)(F)C(F)(F)C(F)(F)C(F)F. The average Bonchev–Trinajstić information content (AvgIpc) is 2.33. The van der Waals surface area contributed by atoms with Gasteiger partial charge in [0.2, 0.25) is 0 Å². The lowest BCUT2D eigenvalue weighted by atomic mass is 9.69. The van der Waals surface area contributed by atoms with Crippen LogP contribution in [-0.4, -0.2) is 36.8 Å². The van der Waals surface area contributed by atoms with Crippen LogP contribution in [0.5, 0.6) is 0 Å². The number of halogens is 8. The van der Waals surface area contributed by atoms with Crippen molar-refractivity contribution in [3.8, 4) is 0 Å². The van der Waals surface area contributed by atoms with Gasteiger partial charge >= 0.3 is 30.2 Å². The van der Waals surface area contributed by atoms with Crippen LogP contribution in [0.2, 0.25) is 0 Å². The average molecular weight is 358 g/mol. The molecule has 2 nitrogen and oxygen atoms in total. The van der Waals surface area contributed by atoms with Crippen LogP contribution in [0, 0.1) is 10.8 Å². The summed E-state index contributed by atoms with van der Waals surface area (Å²) in [6.07, 6.45) is -5.01. The van der Waals surface area contributed by atoms with Crippen LogP contribution in [0.25, 0.3) is 0 Å². The van der Waals surface area contributed by atoms with Gasteiger partial charge in [-0.05, 0) is 19.3 Å². The fraction of sp³-hybridized carbons (Fsp3) is 0.923. The fourth-order valence-corrected chi connectivity index (χ4v) is 1.11. The third-order valence-corrected chi connectivity index (χ3v) is 3.92. The summed E-state index contributed by atoms with van der Waals surface area (Å²) in [4.78, 5) is 11.7. The Kier molecular flexibility index (Phi) is 5.80. The summed E-state index contributed by atoms with van der Waals surface area (Å²) in [5.41, 5.74) is -2.24. The van der Waals surface area contributed by atoms with E-state index in [0.717, 1.165) is 0 Å². The predicted octanol–water partition coefficient (Wildman–Crippen LogP) is 4.77. The van der Waals surface area contributed by atoms with Gasteiger partial charge in [0.05, 0.1) is 5.41 Å². The number of ether oxygens (including phenoxy) is 1. The molecule has 0 aliphatic rings. The molecule has 0 heterocycles. The minimum absolute atomic E-state index is 0.825. The Hall–Kier alpha value is -1.09. The molecule has 0 rings (SSSR count).